The van der Waals surface area contributed by atoms with Gasteiger partial charge in [-0.1, -0.05) is 49.1 Å². The van der Waals surface area contributed by atoms with Crippen LogP contribution in [0, 0.1) is 5.82 Å². The van der Waals surface area contributed by atoms with Crippen LogP contribution in [0.5, 0.6) is 5.75 Å². The van der Waals surface area contributed by atoms with E-state index in [0.717, 1.165) is 17.7 Å². The number of aromatic nitrogens is 2. The fraction of sp³-hybridized carbons (Fsp3) is 0.250. The van der Waals surface area contributed by atoms with Crippen LogP contribution in [0.4, 0.5) is 17.6 Å². The lowest BCUT2D eigenvalue weighted by atomic mass is 10.0. The second kappa shape index (κ2) is 13.6. The molecular weight excluding hydrogens is 598 g/mol. The lowest BCUT2D eigenvalue weighted by Crippen LogP contribution is -2.41. The topological polar surface area (TPSA) is 64.4 Å². The minimum Gasteiger partial charge on any atom is -0.494 e. The van der Waals surface area contributed by atoms with Gasteiger partial charge in [0.15, 0.2) is 0 Å². The van der Waals surface area contributed by atoms with Gasteiger partial charge < -0.3 is 9.64 Å². The molecule has 10 heteroatoms. The highest BCUT2D eigenvalue weighted by Gasteiger charge is 2.41. The number of amides is 1. The van der Waals surface area contributed by atoms with Crippen molar-refractivity contribution in [3.05, 3.63) is 136 Å². The molecule has 0 aliphatic carbocycles. The Morgan fingerprint density at radius 2 is 1.83 bits per heavy atom. The van der Waals surface area contributed by atoms with Crippen LogP contribution in [-0.4, -0.2) is 33.0 Å². The van der Waals surface area contributed by atoms with Crippen molar-refractivity contribution in [1.82, 2.24) is 14.5 Å². The number of carbonyl (C=O) groups excluding carboxylic acids is 1. The highest BCUT2D eigenvalue weighted by Crippen LogP contribution is 2.40. The summed E-state index contributed by atoms with van der Waals surface area (Å²) in [5.41, 5.74) is 0.0908. The number of fused-ring (bicyclic) bond motifs is 1. The summed E-state index contributed by atoms with van der Waals surface area (Å²) < 4.78 is 61.2. The number of likely N-dealkylation sites (tertiary alicyclic amines) is 1. The van der Waals surface area contributed by atoms with Gasteiger partial charge in [-0.3, -0.25) is 14.2 Å². The number of carbonyl (C=O) groups is 1. The molecule has 5 rings (SSSR count). The third kappa shape index (κ3) is 6.51. The van der Waals surface area contributed by atoms with Crippen LogP contribution >= 0.6 is 0 Å². The largest absolute Gasteiger partial charge is 0.494 e. The summed E-state index contributed by atoms with van der Waals surface area (Å²) in [6.07, 6.45) is 2.85. The number of rotatable bonds is 9. The number of benzene rings is 3. The van der Waals surface area contributed by atoms with Crippen LogP contribution in [-0.2, 0) is 17.4 Å². The summed E-state index contributed by atoms with van der Waals surface area (Å²) in [6, 6.07) is 15.3. The van der Waals surface area contributed by atoms with Crippen LogP contribution in [0.25, 0.3) is 16.6 Å². The van der Waals surface area contributed by atoms with Crippen molar-refractivity contribution < 1.29 is 27.1 Å². The number of halogens is 4. The average Bonchev–Trinajstić information content (AvgIpc) is 3.47. The van der Waals surface area contributed by atoms with Gasteiger partial charge in [0.1, 0.15) is 17.4 Å². The molecule has 0 bridgehead atoms. The maximum atomic E-state index is 14.5. The van der Waals surface area contributed by atoms with E-state index in [1.807, 2.05) is 32.1 Å². The first-order valence-electron chi connectivity index (χ1n) is 14.9. The molecule has 1 aliphatic rings. The van der Waals surface area contributed by atoms with Crippen molar-refractivity contribution >= 4 is 16.8 Å². The predicted molar refractivity (Wildman–Crippen MR) is 169 cm³/mol. The van der Waals surface area contributed by atoms with Gasteiger partial charge in [-0.2, -0.15) is 13.2 Å². The zero-order valence-corrected chi connectivity index (χ0v) is 25.4. The Bertz CT molecular complexity index is 1880. The Kier molecular flexibility index (Phi) is 9.55. The van der Waals surface area contributed by atoms with Gasteiger partial charge in [0.2, 0.25) is 5.91 Å². The van der Waals surface area contributed by atoms with Gasteiger partial charge in [-0.05, 0) is 86.4 Å². The number of alkyl halides is 3. The number of nitrogens with zero attached hydrogens (tertiary/aromatic N) is 3. The summed E-state index contributed by atoms with van der Waals surface area (Å²) >= 11 is 0. The molecule has 2 atom stereocenters. The molecule has 0 N–H and O–H groups in total. The van der Waals surface area contributed by atoms with Crippen LogP contribution in [0.15, 0.2) is 108 Å². The molecule has 46 heavy (non-hydrogen) atoms. The second-order valence-corrected chi connectivity index (χ2v) is 10.8. The number of para-hydroxylation sites is 1. The molecule has 238 valence electrons. The van der Waals surface area contributed by atoms with E-state index >= 15 is 0 Å². The highest BCUT2D eigenvalue weighted by atomic mass is 19.4. The van der Waals surface area contributed by atoms with Gasteiger partial charge in [-0.25, -0.2) is 9.37 Å². The highest BCUT2D eigenvalue weighted by molar-refractivity contribution is 5.81. The van der Waals surface area contributed by atoms with Crippen LogP contribution in [0.3, 0.4) is 0 Å². The fourth-order valence-electron chi connectivity index (χ4n) is 5.91. The first-order chi connectivity index (χ1) is 22.1. The molecule has 1 amide bonds. The smallest absolute Gasteiger partial charge is 0.419 e. The van der Waals surface area contributed by atoms with Crippen LogP contribution < -0.4 is 10.3 Å². The molecule has 0 radical (unpaired) electrons. The second-order valence-electron chi connectivity index (χ2n) is 10.8. The Balaban J connectivity index is 1.65. The molecule has 4 aromatic rings. The van der Waals surface area contributed by atoms with Crippen molar-refractivity contribution in [2.75, 3.05) is 6.61 Å². The minimum atomic E-state index is -4.86. The van der Waals surface area contributed by atoms with Crippen molar-refractivity contribution in [1.29, 1.82) is 0 Å². The molecule has 2 unspecified atom stereocenters. The third-order valence-electron chi connectivity index (χ3n) is 7.97. The molecule has 1 aliphatic heterocycles. The zero-order valence-electron chi connectivity index (χ0n) is 25.4. The molecule has 0 saturated carbocycles. The molecule has 1 saturated heterocycles. The minimum absolute atomic E-state index is 0.0906. The number of ether oxygens (including phenoxy) is 1. The van der Waals surface area contributed by atoms with Crippen molar-refractivity contribution in [2.45, 2.75) is 51.4 Å². The van der Waals surface area contributed by atoms with Crippen LogP contribution in [0.1, 0.15) is 49.7 Å². The lowest BCUT2D eigenvalue weighted by molar-refractivity contribution is -0.140. The van der Waals surface area contributed by atoms with Crippen molar-refractivity contribution in [3.63, 3.8) is 0 Å². The molecular formula is C36H33F4N3O3. The molecule has 6 nitrogen and oxygen atoms in total. The summed E-state index contributed by atoms with van der Waals surface area (Å²) in [4.78, 5) is 34.8. The molecule has 0 spiro atoms. The maximum Gasteiger partial charge on any atom is 0.419 e. The van der Waals surface area contributed by atoms with E-state index in [4.69, 9.17) is 9.72 Å². The molecule has 1 fully saturated rings. The normalized spacial score (nSPS) is 17.2. The van der Waals surface area contributed by atoms with Gasteiger partial charge in [0.25, 0.3) is 5.56 Å². The first-order valence-corrected chi connectivity index (χ1v) is 14.9. The van der Waals surface area contributed by atoms with E-state index in [-0.39, 0.29) is 17.5 Å². The predicted octanol–water partition coefficient (Wildman–Crippen LogP) is 7.91. The Morgan fingerprint density at radius 3 is 2.48 bits per heavy atom. The summed E-state index contributed by atoms with van der Waals surface area (Å²) in [6.45, 7) is 8.13. The number of allylic oxidation sites excluding steroid dienone is 3. The number of hydrogen-bond donors (Lipinski definition) is 0. The first kappa shape index (κ1) is 32.4. The van der Waals surface area contributed by atoms with E-state index in [1.54, 1.807) is 59.5 Å². The standard InChI is InChI=1S/C36H33F4N3O3/c1-4-7-10-24(5-2)31-19-20-32(43(31)33(44)22-23-13-18-28(29(37)21-23)36(38,39)40)34-41-30-12-9-8-11-27(30)35(45)42(34)25-14-16-26(17-15-25)46-6-3/h4-5,7-18,21,31-32H,2,6,19-20,22H2,1,3H3/b7-4-,24-10+. The molecule has 2 heterocycles. The van der Waals surface area contributed by atoms with Crippen molar-refractivity contribution in [2.24, 2.45) is 0 Å². The lowest BCUT2D eigenvalue weighted by Gasteiger charge is -2.32. The van der Waals surface area contributed by atoms with E-state index in [1.165, 1.54) is 4.57 Å². The monoisotopic (exact) mass is 631 g/mol. The van der Waals surface area contributed by atoms with Crippen LogP contribution in [0.2, 0.25) is 0 Å². The average molecular weight is 632 g/mol. The van der Waals surface area contributed by atoms with Gasteiger partial charge >= 0.3 is 6.18 Å². The zero-order chi connectivity index (χ0) is 33.0. The van der Waals surface area contributed by atoms with Gasteiger partial charge in [-0.15, -0.1) is 0 Å². The van der Waals surface area contributed by atoms with E-state index in [2.05, 4.69) is 6.58 Å². The Hall–Kier alpha value is -4.99. The number of hydrogen-bond acceptors (Lipinski definition) is 4. The third-order valence-corrected chi connectivity index (χ3v) is 7.97. The van der Waals surface area contributed by atoms with E-state index in [9.17, 15) is 27.2 Å². The summed E-state index contributed by atoms with van der Waals surface area (Å²) in [5.74, 6) is -0.953. The quantitative estimate of drug-likeness (QED) is 0.139. The fourth-order valence-corrected chi connectivity index (χ4v) is 5.91. The Labute approximate surface area is 263 Å². The SMILES string of the molecule is C=C/C(=C\C=C/C)C1CCC(c2nc3ccccc3c(=O)n2-c2ccc(OCC)cc2)N1C(=O)Cc1ccc(C(F)(F)F)c(F)c1. The van der Waals surface area contributed by atoms with Crippen molar-refractivity contribution in [3.8, 4) is 11.4 Å². The Morgan fingerprint density at radius 1 is 1.09 bits per heavy atom. The molecule has 1 aromatic heterocycles. The molecule has 3 aromatic carbocycles. The van der Waals surface area contributed by atoms with Gasteiger partial charge in [0, 0.05) is 0 Å². The maximum absolute atomic E-state index is 14.5. The van der Waals surface area contributed by atoms with Gasteiger partial charge in [0.05, 0.1) is 47.3 Å². The van der Waals surface area contributed by atoms with E-state index in [0.29, 0.717) is 53.7 Å². The van der Waals surface area contributed by atoms with E-state index < -0.39 is 35.5 Å². The summed E-state index contributed by atoms with van der Waals surface area (Å²) in [5, 5.41) is 0.396. The summed E-state index contributed by atoms with van der Waals surface area (Å²) in [7, 11) is 0.